The Kier molecular flexibility index (Phi) is 49.0. The molecule has 0 aliphatic carbocycles. The fourth-order valence-corrected chi connectivity index (χ4v) is 8.10. The molecule has 0 bridgehead atoms. The third-order valence-corrected chi connectivity index (χ3v) is 11.9. The molecule has 0 aliphatic heterocycles. The second kappa shape index (κ2) is 49.5. The van der Waals surface area contributed by atoms with Crippen LogP contribution >= 0.6 is 0 Å². The number of aliphatic hydroxyl groups is 1. The van der Waals surface area contributed by atoms with Gasteiger partial charge < -0.3 is 14.6 Å². The average molecular weight is 779 g/mol. The van der Waals surface area contributed by atoms with E-state index in [4.69, 9.17) is 9.47 Å². The molecule has 0 saturated heterocycles. The van der Waals surface area contributed by atoms with Crippen molar-refractivity contribution in [2.24, 2.45) is 0 Å². The second-order valence-electron chi connectivity index (χ2n) is 17.6. The first-order valence-corrected chi connectivity index (χ1v) is 25.6. The minimum Gasteiger partial charge on any atom is -0.457 e. The van der Waals surface area contributed by atoms with E-state index in [9.17, 15) is 9.90 Å². The van der Waals surface area contributed by atoms with Crippen molar-refractivity contribution in [1.82, 2.24) is 0 Å². The van der Waals surface area contributed by atoms with E-state index in [-0.39, 0.29) is 12.6 Å². The van der Waals surface area contributed by atoms with Crippen LogP contribution in [-0.4, -0.2) is 37.0 Å². The third-order valence-electron chi connectivity index (χ3n) is 11.9. The SMILES string of the molecule is CCCCCCCCCCCCCCCCCCCCCCCCCCOCC(CO)OC(=O)CCCCCCCCCCCCCCCCCCCCC. The van der Waals surface area contributed by atoms with E-state index in [1.807, 2.05) is 0 Å². The Hall–Kier alpha value is -0.610. The van der Waals surface area contributed by atoms with Gasteiger partial charge in [0.05, 0.1) is 13.2 Å². The maximum absolute atomic E-state index is 12.3. The zero-order valence-corrected chi connectivity index (χ0v) is 38.0. The molecule has 4 heteroatoms. The summed E-state index contributed by atoms with van der Waals surface area (Å²) in [6.07, 6.45) is 59.1. The summed E-state index contributed by atoms with van der Waals surface area (Å²) in [6.45, 7) is 5.42. The predicted octanol–water partition coefficient (Wildman–Crippen LogP) is 17.1. The zero-order valence-electron chi connectivity index (χ0n) is 38.0. The number of rotatable bonds is 49. The molecule has 0 spiro atoms. The van der Waals surface area contributed by atoms with Gasteiger partial charge in [-0.3, -0.25) is 4.79 Å². The number of esters is 1. The van der Waals surface area contributed by atoms with Gasteiger partial charge in [0, 0.05) is 13.0 Å². The van der Waals surface area contributed by atoms with Gasteiger partial charge in [0.1, 0.15) is 6.10 Å². The smallest absolute Gasteiger partial charge is 0.306 e. The molecule has 1 atom stereocenters. The van der Waals surface area contributed by atoms with Gasteiger partial charge in [-0.1, -0.05) is 277 Å². The van der Waals surface area contributed by atoms with E-state index < -0.39 is 6.10 Å². The highest BCUT2D eigenvalue weighted by atomic mass is 16.6. The normalized spacial score (nSPS) is 12.1. The Balaban J connectivity index is 3.32. The Morgan fingerprint density at radius 2 is 0.600 bits per heavy atom. The first kappa shape index (κ1) is 54.4. The molecule has 4 nitrogen and oxygen atoms in total. The van der Waals surface area contributed by atoms with Gasteiger partial charge in [-0.2, -0.15) is 0 Å². The highest BCUT2D eigenvalue weighted by Crippen LogP contribution is 2.17. The lowest BCUT2D eigenvalue weighted by atomic mass is 10.0. The topological polar surface area (TPSA) is 55.8 Å². The van der Waals surface area contributed by atoms with E-state index in [0.29, 0.717) is 19.6 Å². The average Bonchev–Trinajstić information content (AvgIpc) is 3.19. The number of hydrogen-bond acceptors (Lipinski definition) is 4. The lowest BCUT2D eigenvalue weighted by molar-refractivity contribution is -0.154. The zero-order chi connectivity index (χ0) is 39.8. The minimum atomic E-state index is -0.526. The minimum absolute atomic E-state index is 0.162. The van der Waals surface area contributed by atoms with Crippen LogP contribution in [0.2, 0.25) is 0 Å². The number of aliphatic hydroxyl groups excluding tert-OH is 1. The third kappa shape index (κ3) is 47.7. The Morgan fingerprint density at radius 3 is 0.855 bits per heavy atom. The molecule has 0 radical (unpaired) electrons. The highest BCUT2D eigenvalue weighted by Gasteiger charge is 2.13. The Bertz CT molecular complexity index is 696. The molecule has 1 N–H and O–H groups in total. The van der Waals surface area contributed by atoms with Crippen LogP contribution in [-0.2, 0) is 14.3 Å². The largest absolute Gasteiger partial charge is 0.457 e. The van der Waals surface area contributed by atoms with E-state index in [1.54, 1.807) is 0 Å². The molecule has 0 heterocycles. The van der Waals surface area contributed by atoms with Gasteiger partial charge in [-0.05, 0) is 12.8 Å². The van der Waals surface area contributed by atoms with Crippen molar-refractivity contribution in [3.8, 4) is 0 Å². The van der Waals surface area contributed by atoms with E-state index >= 15 is 0 Å². The van der Waals surface area contributed by atoms with Crippen LogP contribution in [0.4, 0.5) is 0 Å². The van der Waals surface area contributed by atoms with Crippen LogP contribution in [0.5, 0.6) is 0 Å². The van der Waals surface area contributed by atoms with E-state index in [0.717, 1.165) is 19.3 Å². The van der Waals surface area contributed by atoms with Crippen LogP contribution in [0.3, 0.4) is 0 Å². The van der Waals surface area contributed by atoms with Crippen molar-refractivity contribution in [1.29, 1.82) is 0 Å². The molecule has 0 aromatic rings. The summed E-state index contributed by atoms with van der Waals surface area (Å²) in [5.41, 5.74) is 0. The fraction of sp³-hybridized carbons (Fsp3) is 0.980. The molecule has 0 rings (SSSR count). The monoisotopic (exact) mass is 779 g/mol. The van der Waals surface area contributed by atoms with Crippen LogP contribution in [0.1, 0.15) is 296 Å². The molecule has 55 heavy (non-hydrogen) atoms. The molecule has 330 valence electrons. The second-order valence-corrected chi connectivity index (χ2v) is 17.6. The Morgan fingerprint density at radius 1 is 0.364 bits per heavy atom. The van der Waals surface area contributed by atoms with Crippen LogP contribution in [0.25, 0.3) is 0 Å². The van der Waals surface area contributed by atoms with Gasteiger partial charge in [0.15, 0.2) is 0 Å². The van der Waals surface area contributed by atoms with Crippen molar-refractivity contribution in [2.75, 3.05) is 19.8 Å². The van der Waals surface area contributed by atoms with Gasteiger partial charge in [0.2, 0.25) is 0 Å². The van der Waals surface area contributed by atoms with Crippen molar-refractivity contribution < 1.29 is 19.4 Å². The molecule has 0 aliphatic rings. The van der Waals surface area contributed by atoms with Crippen molar-refractivity contribution >= 4 is 5.97 Å². The van der Waals surface area contributed by atoms with E-state index in [2.05, 4.69) is 13.8 Å². The lowest BCUT2D eigenvalue weighted by Gasteiger charge is -2.16. The highest BCUT2D eigenvalue weighted by molar-refractivity contribution is 5.69. The number of ether oxygens (including phenoxy) is 2. The van der Waals surface area contributed by atoms with Crippen molar-refractivity contribution in [2.45, 2.75) is 302 Å². The van der Waals surface area contributed by atoms with Gasteiger partial charge >= 0.3 is 5.97 Å². The molecule has 0 amide bonds. The Labute approximate surface area is 346 Å². The van der Waals surface area contributed by atoms with Crippen LogP contribution in [0, 0.1) is 0 Å². The molecule has 0 saturated carbocycles. The predicted molar refractivity (Wildman–Crippen MR) is 242 cm³/mol. The van der Waals surface area contributed by atoms with Gasteiger partial charge in [0.25, 0.3) is 0 Å². The van der Waals surface area contributed by atoms with Crippen LogP contribution < -0.4 is 0 Å². The van der Waals surface area contributed by atoms with Gasteiger partial charge in [-0.15, -0.1) is 0 Å². The summed E-state index contributed by atoms with van der Waals surface area (Å²) in [7, 11) is 0. The number of unbranched alkanes of at least 4 members (excludes halogenated alkanes) is 41. The summed E-state index contributed by atoms with van der Waals surface area (Å²) in [6, 6.07) is 0. The summed E-state index contributed by atoms with van der Waals surface area (Å²) < 4.78 is 11.2. The van der Waals surface area contributed by atoms with Crippen molar-refractivity contribution in [3.05, 3.63) is 0 Å². The van der Waals surface area contributed by atoms with E-state index in [1.165, 1.54) is 257 Å². The molecule has 0 aromatic carbocycles. The summed E-state index contributed by atoms with van der Waals surface area (Å²) in [5.74, 6) is -0.190. The molecule has 1 unspecified atom stereocenters. The number of carbonyl (C=O) groups excluding carboxylic acids is 1. The first-order valence-electron chi connectivity index (χ1n) is 25.6. The summed E-state index contributed by atoms with van der Waals surface area (Å²) in [5, 5.41) is 9.64. The maximum Gasteiger partial charge on any atom is 0.306 e. The quantitative estimate of drug-likeness (QED) is 0.0494. The van der Waals surface area contributed by atoms with Gasteiger partial charge in [-0.25, -0.2) is 0 Å². The maximum atomic E-state index is 12.3. The summed E-state index contributed by atoms with van der Waals surface area (Å²) >= 11 is 0. The molecular formula is C51H102O4. The lowest BCUT2D eigenvalue weighted by Crippen LogP contribution is -2.27. The molecule has 0 fully saturated rings. The van der Waals surface area contributed by atoms with Crippen LogP contribution in [0.15, 0.2) is 0 Å². The van der Waals surface area contributed by atoms with Crippen molar-refractivity contribution in [3.63, 3.8) is 0 Å². The summed E-state index contributed by atoms with van der Waals surface area (Å²) in [4.78, 5) is 12.3. The number of hydrogen-bond donors (Lipinski definition) is 1. The molecular weight excluding hydrogens is 677 g/mol. The standard InChI is InChI=1S/C51H102O4/c1-3-5-7-9-11-13-15-17-19-21-23-24-25-26-27-29-31-33-35-37-39-41-43-45-47-54-49-50(48-52)55-51(53)46-44-42-40-38-36-34-32-30-28-22-20-18-16-14-12-10-8-6-4-2/h50,52H,3-49H2,1-2H3. The molecule has 0 aromatic heterocycles. The number of carbonyl (C=O) groups is 1. The fourth-order valence-electron chi connectivity index (χ4n) is 8.10. The first-order chi connectivity index (χ1) is 27.2.